The number of benzene rings is 1. The summed E-state index contributed by atoms with van der Waals surface area (Å²) in [5, 5.41) is 21.4. The van der Waals surface area contributed by atoms with E-state index in [9.17, 15) is 5.11 Å². The average Bonchev–Trinajstić information content (AvgIpc) is 2.28. The van der Waals surface area contributed by atoms with Crippen LogP contribution in [0.3, 0.4) is 0 Å². The Hall–Kier alpha value is -1.73. The molecule has 1 fully saturated rings. The number of hydrogen-bond acceptors (Lipinski definition) is 4. The number of aliphatic hydroxyl groups excluding tert-OH is 1. The lowest BCUT2D eigenvalue weighted by atomic mass is 9.77. The SMILES string of the molecule is N#CCc1cc(NC2(CO)CCC2)ccc1N. The Bertz CT molecular complexity index is 441. The first-order chi connectivity index (χ1) is 8.19. The van der Waals surface area contributed by atoms with Crippen LogP contribution in [0, 0.1) is 11.3 Å². The molecule has 0 radical (unpaired) electrons. The van der Waals surface area contributed by atoms with Crippen LogP contribution in [0.1, 0.15) is 24.8 Å². The van der Waals surface area contributed by atoms with Crippen LogP contribution in [-0.2, 0) is 6.42 Å². The van der Waals surface area contributed by atoms with E-state index in [-0.39, 0.29) is 12.1 Å². The van der Waals surface area contributed by atoms with Gasteiger partial charge in [-0.25, -0.2) is 0 Å². The maximum absolute atomic E-state index is 9.39. The molecular formula is C13H17N3O. The molecule has 4 nitrogen and oxygen atoms in total. The van der Waals surface area contributed by atoms with E-state index in [1.807, 2.05) is 12.1 Å². The maximum atomic E-state index is 9.39. The molecule has 0 heterocycles. The molecule has 0 amide bonds. The third kappa shape index (κ3) is 2.34. The first-order valence-corrected chi connectivity index (χ1v) is 5.83. The van der Waals surface area contributed by atoms with Gasteiger partial charge in [0.25, 0.3) is 0 Å². The first kappa shape index (κ1) is 11.7. The normalized spacial score (nSPS) is 16.9. The second kappa shape index (κ2) is 4.64. The lowest BCUT2D eigenvalue weighted by molar-refractivity contribution is 0.144. The van der Waals surface area contributed by atoms with E-state index < -0.39 is 0 Å². The summed E-state index contributed by atoms with van der Waals surface area (Å²) < 4.78 is 0. The van der Waals surface area contributed by atoms with Gasteiger partial charge >= 0.3 is 0 Å². The summed E-state index contributed by atoms with van der Waals surface area (Å²) in [6.07, 6.45) is 3.43. The lowest BCUT2D eigenvalue weighted by Crippen LogP contribution is -2.48. The number of hydrogen-bond donors (Lipinski definition) is 3. The van der Waals surface area contributed by atoms with Crippen molar-refractivity contribution >= 4 is 11.4 Å². The van der Waals surface area contributed by atoms with Crippen molar-refractivity contribution in [2.75, 3.05) is 17.7 Å². The molecule has 0 atom stereocenters. The molecular weight excluding hydrogens is 214 g/mol. The van der Waals surface area contributed by atoms with Crippen LogP contribution in [0.15, 0.2) is 18.2 Å². The Balaban J connectivity index is 2.16. The van der Waals surface area contributed by atoms with Gasteiger partial charge in [0.1, 0.15) is 0 Å². The molecule has 0 unspecified atom stereocenters. The zero-order valence-electron chi connectivity index (χ0n) is 9.74. The van der Waals surface area contributed by atoms with Crippen molar-refractivity contribution in [1.82, 2.24) is 0 Å². The van der Waals surface area contributed by atoms with Gasteiger partial charge in [0.05, 0.1) is 24.6 Å². The van der Waals surface area contributed by atoms with Gasteiger partial charge in [-0.3, -0.25) is 0 Å². The molecule has 1 saturated carbocycles. The van der Waals surface area contributed by atoms with Gasteiger partial charge in [0.15, 0.2) is 0 Å². The van der Waals surface area contributed by atoms with Crippen LogP contribution in [0.5, 0.6) is 0 Å². The molecule has 2 rings (SSSR count). The maximum Gasteiger partial charge on any atom is 0.0670 e. The molecule has 4 heteroatoms. The van der Waals surface area contributed by atoms with Crippen LogP contribution in [0.2, 0.25) is 0 Å². The predicted octanol–water partition coefficient (Wildman–Crippen LogP) is 1.66. The van der Waals surface area contributed by atoms with E-state index in [1.54, 1.807) is 6.07 Å². The Morgan fingerprint density at radius 3 is 2.76 bits per heavy atom. The van der Waals surface area contributed by atoms with E-state index in [2.05, 4.69) is 11.4 Å². The molecule has 0 spiro atoms. The molecule has 4 N–H and O–H groups in total. The summed E-state index contributed by atoms with van der Waals surface area (Å²) in [5.41, 5.74) is 8.03. The second-order valence-electron chi connectivity index (χ2n) is 4.67. The molecule has 90 valence electrons. The zero-order chi connectivity index (χ0) is 12.3. The first-order valence-electron chi connectivity index (χ1n) is 5.83. The van der Waals surface area contributed by atoms with E-state index in [0.717, 1.165) is 30.5 Å². The van der Waals surface area contributed by atoms with E-state index >= 15 is 0 Å². The van der Waals surface area contributed by atoms with Crippen LogP contribution < -0.4 is 11.1 Å². The minimum Gasteiger partial charge on any atom is -0.398 e. The highest BCUT2D eigenvalue weighted by Gasteiger charge is 2.36. The quantitative estimate of drug-likeness (QED) is 0.688. The molecule has 1 aliphatic rings. The van der Waals surface area contributed by atoms with Crippen molar-refractivity contribution in [1.29, 1.82) is 5.26 Å². The summed E-state index contributed by atoms with van der Waals surface area (Å²) in [5.74, 6) is 0. The molecule has 1 aliphatic carbocycles. The Kier molecular flexibility index (Phi) is 3.21. The van der Waals surface area contributed by atoms with Crippen LogP contribution >= 0.6 is 0 Å². The van der Waals surface area contributed by atoms with Gasteiger partial charge in [0.2, 0.25) is 0 Å². The van der Waals surface area contributed by atoms with Gasteiger partial charge in [-0.2, -0.15) is 5.26 Å². The van der Waals surface area contributed by atoms with Crippen molar-refractivity contribution in [3.05, 3.63) is 23.8 Å². The third-order valence-electron chi connectivity index (χ3n) is 3.44. The van der Waals surface area contributed by atoms with Crippen molar-refractivity contribution in [2.24, 2.45) is 0 Å². The number of nitrogen functional groups attached to an aromatic ring is 1. The predicted molar refractivity (Wildman–Crippen MR) is 67.5 cm³/mol. The standard InChI is InChI=1S/C13H17N3O/c14-7-4-10-8-11(2-3-12(10)15)16-13(9-17)5-1-6-13/h2-3,8,16-17H,1,4-6,9,15H2. The van der Waals surface area contributed by atoms with Crippen LogP contribution in [0.4, 0.5) is 11.4 Å². The highest BCUT2D eigenvalue weighted by atomic mass is 16.3. The lowest BCUT2D eigenvalue weighted by Gasteiger charge is -2.42. The van der Waals surface area contributed by atoms with Gasteiger partial charge in [0, 0.05) is 11.4 Å². The highest BCUT2D eigenvalue weighted by molar-refractivity contribution is 5.59. The summed E-state index contributed by atoms with van der Waals surface area (Å²) >= 11 is 0. The summed E-state index contributed by atoms with van der Waals surface area (Å²) in [6, 6.07) is 7.70. The molecule has 1 aromatic carbocycles. The Morgan fingerprint density at radius 2 is 2.24 bits per heavy atom. The largest absolute Gasteiger partial charge is 0.398 e. The summed E-state index contributed by atoms with van der Waals surface area (Å²) in [7, 11) is 0. The van der Waals surface area contributed by atoms with Crippen molar-refractivity contribution < 1.29 is 5.11 Å². The van der Waals surface area contributed by atoms with Crippen molar-refractivity contribution in [3.63, 3.8) is 0 Å². The smallest absolute Gasteiger partial charge is 0.0670 e. The fourth-order valence-corrected chi connectivity index (χ4v) is 2.15. The fraction of sp³-hybridized carbons (Fsp3) is 0.462. The zero-order valence-corrected chi connectivity index (χ0v) is 9.74. The molecule has 0 bridgehead atoms. The second-order valence-corrected chi connectivity index (χ2v) is 4.67. The number of anilines is 2. The highest BCUT2D eigenvalue weighted by Crippen LogP contribution is 2.35. The van der Waals surface area contributed by atoms with Gasteiger partial charge in [-0.15, -0.1) is 0 Å². The topological polar surface area (TPSA) is 82.1 Å². The summed E-state index contributed by atoms with van der Waals surface area (Å²) in [6.45, 7) is 0.144. The summed E-state index contributed by atoms with van der Waals surface area (Å²) in [4.78, 5) is 0. The number of nitrogens with one attached hydrogen (secondary N) is 1. The average molecular weight is 231 g/mol. The number of nitriles is 1. The monoisotopic (exact) mass is 231 g/mol. The molecule has 17 heavy (non-hydrogen) atoms. The molecule has 0 aliphatic heterocycles. The molecule has 1 aromatic rings. The number of aliphatic hydroxyl groups is 1. The van der Waals surface area contributed by atoms with E-state index in [1.165, 1.54) is 0 Å². The van der Waals surface area contributed by atoms with E-state index in [0.29, 0.717) is 12.1 Å². The van der Waals surface area contributed by atoms with Crippen molar-refractivity contribution in [2.45, 2.75) is 31.2 Å². The van der Waals surface area contributed by atoms with Crippen LogP contribution in [0.25, 0.3) is 0 Å². The third-order valence-corrected chi connectivity index (χ3v) is 3.44. The number of nitrogens with zero attached hydrogens (tertiary/aromatic N) is 1. The molecule has 0 saturated heterocycles. The van der Waals surface area contributed by atoms with Crippen LogP contribution in [-0.4, -0.2) is 17.3 Å². The fourth-order valence-electron chi connectivity index (χ4n) is 2.15. The Morgan fingerprint density at radius 1 is 1.47 bits per heavy atom. The molecule has 0 aromatic heterocycles. The van der Waals surface area contributed by atoms with Gasteiger partial charge < -0.3 is 16.2 Å². The minimum absolute atomic E-state index is 0.144. The number of rotatable bonds is 4. The Labute approximate surface area is 101 Å². The minimum atomic E-state index is -0.167. The van der Waals surface area contributed by atoms with Gasteiger partial charge in [-0.05, 0) is 43.0 Å². The van der Waals surface area contributed by atoms with Crippen molar-refractivity contribution in [3.8, 4) is 6.07 Å². The van der Waals surface area contributed by atoms with Gasteiger partial charge in [-0.1, -0.05) is 0 Å². The number of nitrogens with two attached hydrogens (primary N) is 1. The van der Waals surface area contributed by atoms with E-state index in [4.69, 9.17) is 11.0 Å².